The highest BCUT2D eigenvalue weighted by Crippen LogP contribution is 2.25. The van der Waals surface area contributed by atoms with Crippen LogP contribution in [0.4, 0.5) is 0 Å². The highest BCUT2D eigenvalue weighted by Gasteiger charge is 2.34. The molecular formula is C14H24N2O3. The van der Waals surface area contributed by atoms with E-state index in [9.17, 15) is 9.59 Å². The number of nitrogens with one attached hydrogen (secondary N) is 1. The van der Waals surface area contributed by atoms with Gasteiger partial charge in [0.25, 0.3) is 0 Å². The minimum Gasteiger partial charge on any atom is -0.375 e. The van der Waals surface area contributed by atoms with Crippen molar-refractivity contribution in [1.82, 2.24) is 10.2 Å². The van der Waals surface area contributed by atoms with Crippen molar-refractivity contribution in [1.29, 1.82) is 0 Å². The lowest BCUT2D eigenvalue weighted by Crippen LogP contribution is -2.41. The van der Waals surface area contributed by atoms with Crippen LogP contribution in [0.2, 0.25) is 0 Å². The Morgan fingerprint density at radius 3 is 2.63 bits per heavy atom. The van der Waals surface area contributed by atoms with Gasteiger partial charge in [-0.15, -0.1) is 0 Å². The predicted molar refractivity (Wildman–Crippen MR) is 71.6 cm³/mol. The third kappa shape index (κ3) is 3.93. The van der Waals surface area contributed by atoms with Crippen LogP contribution in [0, 0.1) is 0 Å². The van der Waals surface area contributed by atoms with Gasteiger partial charge in [-0.25, -0.2) is 0 Å². The monoisotopic (exact) mass is 268 g/mol. The molecule has 1 atom stereocenters. The van der Waals surface area contributed by atoms with Crippen LogP contribution in [-0.4, -0.2) is 49.1 Å². The summed E-state index contributed by atoms with van der Waals surface area (Å²) in [5.74, 6) is 0.0534. The summed E-state index contributed by atoms with van der Waals surface area (Å²) in [6.45, 7) is 0.729. The average Bonchev–Trinajstić information content (AvgIpc) is 2.60. The molecule has 0 unspecified atom stereocenters. The number of rotatable bonds is 4. The van der Waals surface area contributed by atoms with Crippen molar-refractivity contribution in [2.75, 3.05) is 20.3 Å². The number of amides is 2. The van der Waals surface area contributed by atoms with Gasteiger partial charge in [0.1, 0.15) is 6.61 Å². The van der Waals surface area contributed by atoms with Crippen molar-refractivity contribution < 1.29 is 14.3 Å². The molecule has 2 aliphatic rings. The van der Waals surface area contributed by atoms with Crippen molar-refractivity contribution >= 4 is 11.8 Å². The SMILES string of the molecule is COCC(=O)N[C@H]1CC(=O)N(C2CCCCCC2)C1. The quantitative estimate of drug-likeness (QED) is 0.776. The minimum atomic E-state index is -0.136. The Morgan fingerprint density at radius 2 is 2.00 bits per heavy atom. The van der Waals surface area contributed by atoms with E-state index in [0.29, 0.717) is 19.0 Å². The van der Waals surface area contributed by atoms with Crippen LogP contribution in [-0.2, 0) is 14.3 Å². The summed E-state index contributed by atoms with van der Waals surface area (Å²) in [4.78, 5) is 25.5. The van der Waals surface area contributed by atoms with Gasteiger partial charge >= 0.3 is 0 Å². The molecule has 0 radical (unpaired) electrons. The molecule has 2 rings (SSSR count). The number of ether oxygens (including phenoxy) is 1. The Balaban J connectivity index is 1.86. The normalized spacial score (nSPS) is 25.4. The number of carbonyl (C=O) groups excluding carboxylic acids is 2. The second-order valence-electron chi connectivity index (χ2n) is 5.59. The summed E-state index contributed by atoms with van der Waals surface area (Å²) >= 11 is 0. The van der Waals surface area contributed by atoms with E-state index >= 15 is 0 Å². The van der Waals surface area contributed by atoms with E-state index in [1.54, 1.807) is 0 Å². The van der Waals surface area contributed by atoms with E-state index in [-0.39, 0.29) is 24.5 Å². The van der Waals surface area contributed by atoms with Gasteiger partial charge in [-0.05, 0) is 12.8 Å². The number of hydrogen-bond donors (Lipinski definition) is 1. The molecule has 1 saturated carbocycles. The van der Waals surface area contributed by atoms with Crippen LogP contribution in [0.3, 0.4) is 0 Å². The maximum atomic E-state index is 12.1. The van der Waals surface area contributed by atoms with Crippen LogP contribution in [0.25, 0.3) is 0 Å². The lowest BCUT2D eigenvalue weighted by atomic mass is 10.1. The summed E-state index contributed by atoms with van der Waals surface area (Å²) in [5.41, 5.74) is 0. The molecule has 1 saturated heterocycles. The van der Waals surface area contributed by atoms with Crippen LogP contribution < -0.4 is 5.32 Å². The first kappa shape index (κ1) is 14.3. The van der Waals surface area contributed by atoms with Gasteiger partial charge in [-0.3, -0.25) is 9.59 Å². The molecule has 1 N–H and O–H groups in total. The van der Waals surface area contributed by atoms with Crippen LogP contribution in [0.5, 0.6) is 0 Å². The van der Waals surface area contributed by atoms with E-state index in [2.05, 4.69) is 5.32 Å². The highest BCUT2D eigenvalue weighted by molar-refractivity contribution is 5.82. The zero-order valence-corrected chi connectivity index (χ0v) is 11.7. The van der Waals surface area contributed by atoms with E-state index in [0.717, 1.165) is 12.8 Å². The number of carbonyl (C=O) groups is 2. The summed E-state index contributed by atoms with van der Waals surface area (Å²) in [7, 11) is 1.50. The number of hydrogen-bond acceptors (Lipinski definition) is 3. The van der Waals surface area contributed by atoms with Crippen molar-refractivity contribution in [3.63, 3.8) is 0 Å². The Morgan fingerprint density at radius 1 is 1.32 bits per heavy atom. The third-order valence-corrected chi connectivity index (χ3v) is 4.06. The summed E-state index contributed by atoms with van der Waals surface area (Å²) in [6.07, 6.45) is 7.67. The van der Waals surface area contributed by atoms with E-state index in [1.165, 1.54) is 32.8 Å². The molecule has 1 aliphatic carbocycles. The lowest BCUT2D eigenvalue weighted by Gasteiger charge is -2.27. The summed E-state index contributed by atoms with van der Waals surface area (Å²) in [5, 5.41) is 2.87. The Bertz CT molecular complexity index is 325. The van der Waals surface area contributed by atoms with Crippen LogP contribution in [0.15, 0.2) is 0 Å². The molecule has 0 spiro atoms. The first-order valence-corrected chi connectivity index (χ1v) is 7.28. The molecule has 0 aromatic carbocycles. The molecule has 19 heavy (non-hydrogen) atoms. The third-order valence-electron chi connectivity index (χ3n) is 4.06. The predicted octanol–water partition coefficient (Wildman–Crippen LogP) is 1.07. The van der Waals surface area contributed by atoms with Gasteiger partial charge in [0.2, 0.25) is 11.8 Å². The van der Waals surface area contributed by atoms with Gasteiger partial charge in [0, 0.05) is 26.1 Å². The second-order valence-corrected chi connectivity index (χ2v) is 5.59. The molecule has 1 aliphatic heterocycles. The lowest BCUT2D eigenvalue weighted by molar-refractivity contribution is -0.129. The van der Waals surface area contributed by atoms with Crippen LogP contribution >= 0.6 is 0 Å². The van der Waals surface area contributed by atoms with Gasteiger partial charge in [0.15, 0.2) is 0 Å². The highest BCUT2D eigenvalue weighted by atomic mass is 16.5. The summed E-state index contributed by atoms with van der Waals surface area (Å²) < 4.78 is 4.79. The molecule has 5 heteroatoms. The maximum Gasteiger partial charge on any atom is 0.246 e. The Kier molecular flexibility index (Phi) is 5.19. The summed E-state index contributed by atoms with van der Waals surface area (Å²) in [6, 6.07) is 0.345. The smallest absolute Gasteiger partial charge is 0.246 e. The zero-order valence-electron chi connectivity index (χ0n) is 11.7. The second kappa shape index (κ2) is 6.89. The van der Waals surface area contributed by atoms with Crippen molar-refractivity contribution in [3.05, 3.63) is 0 Å². The van der Waals surface area contributed by atoms with Gasteiger partial charge in [0.05, 0.1) is 6.04 Å². The number of nitrogens with zero attached hydrogens (tertiary/aromatic N) is 1. The van der Waals surface area contributed by atoms with E-state index in [1.807, 2.05) is 4.90 Å². The molecule has 0 aromatic heterocycles. The van der Waals surface area contributed by atoms with Crippen molar-refractivity contribution in [2.45, 2.75) is 57.0 Å². The first-order valence-electron chi connectivity index (χ1n) is 7.28. The number of methoxy groups -OCH3 is 1. The fraction of sp³-hybridized carbons (Fsp3) is 0.857. The molecule has 0 aromatic rings. The molecular weight excluding hydrogens is 244 g/mol. The standard InChI is InChI=1S/C14H24N2O3/c1-19-10-13(17)15-11-8-14(18)16(9-11)12-6-4-2-3-5-7-12/h11-12H,2-10H2,1H3,(H,15,17)/t11-/m0/s1. The van der Waals surface area contributed by atoms with Crippen LogP contribution in [0.1, 0.15) is 44.9 Å². The fourth-order valence-corrected chi connectivity index (χ4v) is 3.15. The molecule has 2 fully saturated rings. The molecule has 5 nitrogen and oxygen atoms in total. The Labute approximate surface area is 114 Å². The first-order chi connectivity index (χ1) is 9.20. The van der Waals surface area contributed by atoms with Gasteiger partial charge in [-0.1, -0.05) is 25.7 Å². The maximum absolute atomic E-state index is 12.1. The molecule has 1 heterocycles. The fourth-order valence-electron chi connectivity index (χ4n) is 3.15. The minimum absolute atomic E-state index is 0.0431. The number of likely N-dealkylation sites (tertiary alicyclic amines) is 1. The average molecular weight is 268 g/mol. The van der Waals surface area contributed by atoms with Gasteiger partial charge in [-0.2, -0.15) is 0 Å². The van der Waals surface area contributed by atoms with Crippen molar-refractivity contribution in [2.24, 2.45) is 0 Å². The molecule has 2 amide bonds. The largest absolute Gasteiger partial charge is 0.375 e. The Hall–Kier alpha value is -1.10. The molecule has 108 valence electrons. The van der Waals surface area contributed by atoms with Crippen molar-refractivity contribution in [3.8, 4) is 0 Å². The molecule has 0 bridgehead atoms. The van der Waals surface area contributed by atoms with E-state index < -0.39 is 0 Å². The van der Waals surface area contributed by atoms with E-state index in [4.69, 9.17) is 4.74 Å². The van der Waals surface area contributed by atoms with Gasteiger partial charge < -0.3 is 15.0 Å². The topological polar surface area (TPSA) is 58.6 Å². The zero-order chi connectivity index (χ0) is 13.7.